The number of hydrogen-bond acceptors (Lipinski definition) is 5. The Hall–Kier alpha value is -3.14. The molecule has 0 saturated heterocycles. The van der Waals surface area contributed by atoms with Crippen molar-refractivity contribution in [1.82, 2.24) is 10.2 Å². The molecule has 0 unspecified atom stereocenters. The van der Waals surface area contributed by atoms with Crippen LogP contribution in [0.2, 0.25) is 0 Å². The highest BCUT2D eigenvalue weighted by Crippen LogP contribution is 2.22. The summed E-state index contributed by atoms with van der Waals surface area (Å²) in [6.07, 6.45) is 1.01. The summed E-state index contributed by atoms with van der Waals surface area (Å²) >= 11 is 0. The van der Waals surface area contributed by atoms with Crippen molar-refractivity contribution in [2.45, 2.75) is 40.3 Å². The lowest BCUT2D eigenvalue weighted by Gasteiger charge is -2.31. The first kappa shape index (κ1) is 28.1. The maximum Gasteiger partial charge on any atom is 0.244 e. The summed E-state index contributed by atoms with van der Waals surface area (Å²) in [6, 6.07) is 11.1. The van der Waals surface area contributed by atoms with Crippen LogP contribution in [-0.4, -0.2) is 57.1 Å². The molecule has 0 bridgehead atoms. The third-order valence-electron chi connectivity index (χ3n) is 5.23. The number of carbonyl (C=O) groups excluding carboxylic acids is 2. The van der Waals surface area contributed by atoms with E-state index in [4.69, 9.17) is 4.74 Å². The van der Waals surface area contributed by atoms with Gasteiger partial charge < -0.3 is 15.0 Å². The Kier molecular flexibility index (Phi) is 10.1. The van der Waals surface area contributed by atoms with Crippen LogP contribution in [-0.2, 0) is 26.2 Å². The van der Waals surface area contributed by atoms with E-state index in [0.29, 0.717) is 30.2 Å². The molecule has 0 aliphatic carbocycles. The molecule has 0 spiro atoms. The third-order valence-corrected chi connectivity index (χ3v) is 6.37. The zero-order valence-corrected chi connectivity index (χ0v) is 21.6. The van der Waals surface area contributed by atoms with Crippen LogP contribution in [0.1, 0.15) is 33.3 Å². The number of carbonyl (C=O) groups is 2. The van der Waals surface area contributed by atoms with Crippen LogP contribution >= 0.6 is 0 Å². The molecule has 1 N–H and O–H groups in total. The Bertz CT molecular complexity index is 1090. The summed E-state index contributed by atoms with van der Waals surface area (Å²) in [4.78, 5) is 27.5. The fraction of sp³-hybridized carbons (Fsp3) is 0.440. The first-order valence-electron chi connectivity index (χ1n) is 11.4. The van der Waals surface area contributed by atoms with Crippen LogP contribution < -0.4 is 14.4 Å². The molecule has 10 heteroatoms. The summed E-state index contributed by atoms with van der Waals surface area (Å²) in [5.41, 5.74) is 0.901. The van der Waals surface area contributed by atoms with E-state index in [2.05, 4.69) is 5.32 Å². The minimum Gasteiger partial charge on any atom is -0.494 e. The number of ether oxygens (including phenoxy) is 1. The molecular formula is C25H34FN3O5S. The third kappa shape index (κ3) is 8.54. The lowest BCUT2D eigenvalue weighted by molar-refractivity contribution is -0.139. The van der Waals surface area contributed by atoms with Gasteiger partial charge in [-0.2, -0.15) is 0 Å². The second kappa shape index (κ2) is 12.5. The molecule has 0 aliphatic heterocycles. The van der Waals surface area contributed by atoms with Crippen molar-refractivity contribution in [2.24, 2.45) is 5.92 Å². The Morgan fingerprint density at radius 2 is 1.63 bits per heavy atom. The molecule has 2 amide bonds. The van der Waals surface area contributed by atoms with Crippen molar-refractivity contribution < 1.29 is 27.1 Å². The standard InChI is InChI=1S/C25H34FN3O5S/c1-6-34-23-13-11-22(12-14-23)29(35(5,32)33)17-24(30)28(16-20-7-9-21(26)10-8-20)19(4)25(31)27-15-18(2)3/h7-14,18-19H,6,15-17H2,1-5H3,(H,27,31)/t19-/m1/s1. The van der Waals surface area contributed by atoms with E-state index in [9.17, 15) is 22.4 Å². The van der Waals surface area contributed by atoms with E-state index >= 15 is 0 Å². The summed E-state index contributed by atoms with van der Waals surface area (Å²) in [5.74, 6) is -0.563. The fourth-order valence-electron chi connectivity index (χ4n) is 3.31. The van der Waals surface area contributed by atoms with Gasteiger partial charge in [0.1, 0.15) is 24.2 Å². The summed E-state index contributed by atoms with van der Waals surface area (Å²) in [6.45, 7) is 7.72. The van der Waals surface area contributed by atoms with Gasteiger partial charge in [-0.05, 0) is 61.7 Å². The van der Waals surface area contributed by atoms with Crippen LogP contribution in [0.25, 0.3) is 0 Å². The first-order valence-corrected chi connectivity index (χ1v) is 13.3. The molecular weight excluding hydrogens is 473 g/mol. The van der Waals surface area contributed by atoms with Gasteiger partial charge in [-0.25, -0.2) is 12.8 Å². The molecule has 0 heterocycles. The number of nitrogens with one attached hydrogen (secondary N) is 1. The van der Waals surface area contributed by atoms with Crippen LogP contribution in [0.4, 0.5) is 10.1 Å². The van der Waals surface area contributed by atoms with E-state index in [1.54, 1.807) is 31.2 Å². The van der Waals surface area contributed by atoms with Gasteiger partial charge in [0.05, 0.1) is 18.6 Å². The Morgan fingerprint density at radius 1 is 1.03 bits per heavy atom. The van der Waals surface area contributed by atoms with Crippen LogP contribution in [0, 0.1) is 11.7 Å². The Morgan fingerprint density at radius 3 is 2.14 bits per heavy atom. The van der Waals surface area contributed by atoms with Gasteiger partial charge in [0.25, 0.3) is 0 Å². The Labute approximate surface area is 207 Å². The van der Waals surface area contributed by atoms with E-state index in [-0.39, 0.29) is 18.4 Å². The van der Waals surface area contributed by atoms with Gasteiger partial charge >= 0.3 is 0 Å². The molecule has 192 valence electrons. The van der Waals surface area contributed by atoms with Gasteiger partial charge in [0.15, 0.2) is 0 Å². The molecule has 0 aromatic heterocycles. The number of nitrogens with zero attached hydrogens (tertiary/aromatic N) is 2. The summed E-state index contributed by atoms with van der Waals surface area (Å²) in [7, 11) is -3.82. The fourth-order valence-corrected chi connectivity index (χ4v) is 4.16. The van der Waals surface area contributed by atoms with Crippen LogP contribution in [0.15, 0.2) is 48.5 Å². The monoisotopic (exact) mass is 507 g/mol. The maximum absolute atomic E-state index is 13.4. The number of halogens is 1. The first-order chi connectivity index (χ1) is 16.4. The number of sulfonamides is 1. The highest BCUT2D eigenvalue weighted by Gasteiger charge is 2.30. The topological polar surface area (TPSA) is 96.0 Å². The summed E-state index contributed by atoms with van der Waals surface area (Å²) < 4.78 is 44.9. The van der Waals surface area contributed by atoms with Crippen molar-refractivity contribution in [1.29, 1.82) is 0 Å². The predicted octanol–water partition coefficient (Wildman–Crippen LogP) is 3.18. The van der Waals surface area contributed by atoms with Gasteiger partial charge in [0.2, 0.25) is 21.8 Å². The van der Waals surface area contributed by atoms with Crippen LogP contribution in [0.5, 0.6) is 5.75 Å². The van der Waals surface area contributed by atoms with Gasteiger partial charge in [-0.3, -0.25) is 13.9 Å². The van der Waals surface area contributed by atoms with E-state index < -0.39 is 34.3 Å². The van der Waals surface area contributed by atoms with Crippen molar-refractivity contribution in [3.63, 3.8) is 0 Å². The van der Waals surface area contributed by atoms with E-state index in [1.807, 2.05) is 20.8 Å². The normalized spacial score (nSPS) is 12.2. The number of benzene rings is 2. The highest BCUT2D eigenvalue weighted by atomic mass is 32.2. The second-order valence-electron chi connectivity index (χ2n) is 8.66. The van der Waals surface area contributed by atoms with Crippen molar-refractivity contribution in [3.8, 4) is 5.75 Å². The molecule has 2 aromatic rings. The van der Waals surface area contributed by atoms with Crippen molar-refractivity contribution in [3.05, 3.63) is 59.9 Å². The van der Waals surface area contributed by atoms with Gasteiger partial charge in [-0.1, -0.05) is 26.0 Å². The number of rotatable bonds is 12. The van der Waals surface area contributed by atoms with Crippen molar-refractivity contribution >= 4 is 27.5 Å². The molecule has 8 nitrogen and oxygen atoms in total. The molecule has 0 radical (unpaired) electrons. The van der Waals surface area contributed by atoms with Crippen molar-refractivity contribution in [2.75, 3.05) is 30.3 Å². The number of hydrogen-bond donors (Lipinski definition) is 1. The zero-order chi connectivity index (χ0) is 26.2. The molecule has 0 aliphatic rings. The second-order valence-corrected chi connectivity index (χ2v) is 10.6. The SMILES string of the molecule is CCOc1ccc(N(CC(=O)N(Cc2ccc(F)cc2)[C@H](C)C(=O)NCC(C)C)S(C)(=O)=O)cc1. The predicted molar refractivity (Wildman–Crippen MR) is 134 cm³/mol. The lowest BCUT2D eigenvalue weighted by atomic mass is 10.1. The zero-order valence-electron chi connectivity index (χ0n) is 20.8. The van der Waals surface area contributed by atoms with E-state index in [0.717, 1.165) is 10.6 Å². The molecule has 0 fully saturated rings. The largest absolute Gasteiger partial charge is 0.494 e. The molecule has 0 saturated carbocycles. The molecule has 1 atom stereocenters. The van der Waals surface area contributed by atoms with Crippen LogP contribution in [0.3, 0.4) is 0 Å². The van der Waals surface area contributed by atoms with Gasteiger partial charge in [0, 0.05) is 13.1 Å². The number of amides is 2. The summed E-state index contributed by atoms with van der Waals surface area (Å²) in [5, 5.41) is 2.81. The average Bonchev–Trinajstić information content (AvgIpc) is 2.80. The highest BCUT2D eigenvalue weighted by molar-refractivity contribution is 7.92. The molecule has 2 rings (SSSR count). The molecule has 2 aromatic carbocycles. The average molecular weight is 508 g/mol. The minimum absolute atomic E-state index is 0.0102. The quantitative estimate of drug-likeness (QED) is 0.476. The smallest absolute Gasteiger partial charge is 0.244 e. The lowest BCUT2D eigenvalue weighted by Crippen LogP contribution is -2.51. The van der Waals surface area contributed by atoms with E-state index in [1.165, 1.54) is 29.2 Å². The Balaban J connectivity index is 2.33. The minimum atomic E-state index is -3.82. The molecule has 35 heavy (non-hydrogen) atoms. The maximum atomic E-state index is 13.4. The van der Waals surface area contributed by atoms with Gasteiger partial charge in [-0.15, -0.1) is 0 Å². The number of anilines is 1.